The highest BCUT2D eigenvalue weighted by Crippen LogP contribution is 2.36. The molecule has 0 radical (unpaired) electrons. The molecule has 1 aromatic carbocycles. The van der Waals surface area contributed by atoms with E-state index in [1.54, 1.807) is 17.4 Å². The van der Waals surface area contributed by atoms with E-state index in [9.17, 15) is 5.11 Å². The van der Waals surface area contributed by atoms with Crippen LogP contribution in [0.3, 0.4) is 0 Å². The summed E-state index contributed by atoms with van der Waals surface area (Å²) in [5, 5.41) is 12.1. The average molecular weight is 286 g/mol. The van der Waals surface area contributed by atoms with Crippen LogP contribution in [-0.2, 0) is 0 Å². The summed E-state index contributed by atoms with van der Waals surface area (Å²) in [4.78, 5) is 1.02. The number of ether oxygens (including phenoxy) is 1. The van der Waals surface area contributed by atoms with Gasteiger partial charge in [-0.05, 0) is 24.4 Å². The topological polar surface area (TPSA) is 55.5 Å². The molecule has 18 heavy (non-hydrogen) atoms. The van der Waals surface area contributed by atoms with Gasteiger partial charge in [-0.25, -0.2) is 0 Å². The molecule has 3 N–H and O–H groups in total. The van der Waals surface area contributed by atoms with E-state index in [1.165, 1.54) is 0 Å². The number of para-hydroxylation sites is 1. The number of phenolic OH excluding ortho intramolecular Hbond substituents is 1. The average Bonchev–Trinajstić information content (AvgIpc) is 2.85. The molecule has 0 aliphatic carbocycles. The number of aromatic hydroxyl groups is 1. The first-order valence-corrected chi connectivity index (χ1v) is 6.35. The van der Waals surface area contributed by atoms with Crippen molar-refractivity contribution >= 4 is 23.7 Å². The fraction of sp³-hybridized carbons (Fsp3) is 0.231. The molecule has 98 valence electrons. The molecule has 0 spiro atoms. The molecule has 1 aromatic heterocycles. The summed E-state index contributed by atoms with van der Waals surface area (Å²) in [6, 6.07) is 9.00. The van der Waals surface area contributed by atoms with Gasteiger partial charge in [-0.1, -0.05) is 18.2 Å². The van der Waals surface area contributed by atoms with E-state index in [-0.39, 0.29) is 24.2 Å². The lowest BCUT2D eigenvalue weighted by Gasteiger charge is -2.14. The summed E-state index contributed by atoms with van der Waals surface area (Å²) in [5.74, 6) is 0.618. The number of nitrogens with two attached hydrogens (primary N) is 1. The van der Waals surface area contributed by atoms with Crippen molar-refractivity contribution in [3.63, 3.8) is 0 Å². The lowest BCUT2D eigenvalue weighted by Crippen LogP contribution is -2.10. The Morgan fingerprint density at radius 3 is 2.72 bits per heavy atom. The van der Waals surface area contributed by atoms with Crippen LogP contribution in [0.25, 0.3) is 0 Å². The van der Waals surface area contributed by atoms with E-state index >= 15 is 0 Å². The van der Waals surface area contributed by atoms with Gasteiger partial charge in [-0.15, -0.1) is 23.7 Å². The van der Waals surface area contributed by atoms with Gasteiger partial charge in [0.2, 0.25) is 0 Å². The Labute approximate surface area is 117 Å². The Hall–Kier alpha value is -1.23. The van der Waals surface area contributed by atoms with Crippen molar-refractivity contribution in [1.29, 1.82) is 0 Å². The number of hydrogen-bond acceptors (Lipinski definition) is 4. The Balaban J connectivity index is 0.00000162. The van der Waals surface area contributed by atoms with E-state index in [4.69, 9.17) is 10.5 Å². The van der Waals surface area contributed by atoms with Crippen LogP contribution in [0.15, 0.2) is 35.7 Å². The maximum atomic E-state index is 10.1. The van der Waals surface area contributed by atoms with Gasteiger partial charge in [0.05, 0.1) is 12.6 Å². The molecule has 0 aliphatic rings. The van der Waals surface area contributed by atoms with E-state index in [0.29, 0.717) is 17.9 Å². The molecule has 5 heteroatoms. The van der Waals surface area contributed by atoms with Gasteiger partial charge in [0, 0.05) is 10.4 Å². The van der Waals surface area contributed by atoms with Gasteiger partial charge >= 0.3 is 0 Å². The molecule has 0 saturated heterocycles. The number of thiophene rings is 1. The van der Waals surface area contributed by atoms with Crippen LogP contribution in [0.4, 0.5) is 0 Å². The van der Waals surface area contributed by atoms with Gasteiger partial charge in [0.15, 0.2) is 11.5 Å². The maximum Gasteiger partial charge on any atom is 0.162 e. The zero-order valence-electron chi connectivity index (χ0n) is 10.00. The summed E-state index contributed by atoms with van der Waals surface area (Å²) in [7, 11) is 0. The van der Waals surface area contributed by atoms with Crippen molar-refractivity contribution in [2.75, 3.05) is 6.61 Å². The highest BCUT2D eigenvalue weighted by atomic mass is 35.5. The fourth-order valence-corrected chi connectivity index (χ4v) is 2.43. The zero-order valence-corrected chi connectivity index (χ0v) is 11.6. The van der Waals surface area contributed by atoms with E-state index < -0.39 is 0 Å². The minimum absolute atomic E-state index is 0. The first-order valence-electron chi connectivity index (χ1n) is 5.47. The predicted molar refractivity (Wildman–Crippen MR) is 76.9 cm³/mol. The summed E-state index contributed by atoms with van der Waals surface area (Å²) in [6.07, 6.45) is 0. The van der Waals surface area contributed by atoms with Gasteiger partial charge in [-0.3, -0.25) is 0 Å². The lowest BCUT2D eigenvalue weighted by molar-refractivity contribution is 0.316. The van der Waals surface area contributed by atoms with E-state index in [2.05, 4.69) is 0 Å². The molecular weight excluding hydrogens is 270 g/mol. The summed E-state index contributed by atoms with van der Waals surface area (Å²) >= 11 is 1.58. The Morgan fingerprint density at radius 2 is 2.11 bits per heavy atom. The fourth-order valence-electron chi connectivity index (χ4n) is 1.68. The Kier molecular flexibility index (Phi) is 5.47. The third-order valence-electron chi connectivity index (χ3n) is 2.51. The van der Waals surface area contributed by atoms with Gasteiger partial charge in [0.25, 0.3) is 0 Å². The van der Waals surface area contributed by atoms with Crippen LogP contribution in [0.2, 0.25) is 0 Å². The first kappa shape index (κ1) is 14.8. The van der Waals surface area contributed by atoms with Crippen LogP contribution >= 0.6 is 23.7 Å². The molecule has 2 rings (SSSR count). The van der Waals surface area contributed by atoms with Crippen molar-refractivity contribution in [2.45, 2.75) is 13.0 Å². The Morgan fingerprint density at radius 1 is 1.33 bits per heavy atom. The smallest absolute Gasteiger partial charge is 0.162 e. The Bertz CT molecular complexity index is 488. The van der Waals surface area contributed by atoms with Gasteiger partial charge in [0.1, 0.15) is 0 Å². The summed E-state index contributed by atoms with van der Waals surface area (Å²) in [6.45, 7) is 2.40. The van der Waals surface area contributed by atoms with Crippen molar-refractivity contribution in [3.8, 4) is 11.5 Å². The van der Waals surface area contributed by atoms with Crippen LogP contribution in [-0.4, -0.2) is 11.7 Å². The van der Waals surface area contributed by atoms with Crippen LogP contribution in [0.1, 0.15) is 23.4 Å². The molecule has 3 nitrogen and oxygen atoms in total. The molecule has 0 fully saturated rings. The van der Waals surface area contributed by atoms with Crippen LogP contribution in [0.5, 0.6) is 11.5 Å². The quantitative estimate of drug-likeness (QED) is 0.906. The lowest BCUT2D eigenvalue weighted by atomic mass is 10.0. The first-order chi connectivity index (χ1) is 8.24. The predicted octanol–water partition coefficient (Wildman–Crippen LogP) is 3.32. The second-order valence-electron chi connectivity index (χ2n) is 3.62. The molecule has 0 saturated carbocycles. The molecule has 0 amide bonds. The molecule has 0 unspecified atom stereocenters. The maximum absolute atomic E-state index is 10.1. The van der Waals surface area contributed by atoms with Gasteiger partial charge in [-0.2, -0.15) is 0 Å². The molecule has 1 heterocycles. The third-order valence-corrected chi connectivity index (χ3v) is 3.47. The number of hydrogen-bond donors (Lipinski definition) is 2. The molecular formula is C13H16ClNO2S. The molecule has 0 bridgehead atoms. The molecule has 1 atom stereocenters. The monoisotopic (exact) mass is 285 g/mol. The number of halogens is 1. The van der Waals surface area contributed by atoms with E-state index in [1.807, 2.05) is 36.6 Å². The number of rotatable bonds is 4. The highest BCUT2D eigenvalue weighted by Gasteiger charge is 2.16. The van der Waals surface area contributed by atoms with Crippen LogP contribution in [0, 0.1) is 0 Å². The normalized spacial score (nSPS) is 11.7. The minimum atomic E-state index is -0.310. The van der Waals surface area contributed by atoms with E-state index in [0.717, 1.165) is 4.88 Å². The van der Waals surface area contributed by atoms with Crippen LogP contribution < -0.4 is 10.5 Å². The van der Waals surface area contributed by atoms with Gasteiger partial charge < -0.3 is 15.6 Å². The second-order valence-corrected chi connectivity index (χ2v) is 4.60. The SMILES string of the molecule is CCOc1cccc([C@@H](N)c2cccs2)c1O.Cl. The highest BCUT2D eigenvalue weighted by molar-refractivity contribution is 7.10. The van der Waals surface area contributed by atoms with Crippen molar-refractivity contribution in [3.05, 3.63) is 46.2 Å². The van der Waals surface area contributed by atoms with Crippen molar-refractivity contribution < 1.29 is 9.84 Å². The summed E-state index contributed by atoms with van der Waals surface area (Å²) in [5.41, 5.74) is 6.81. The zero-order chi connectivity index (χ0) is 12.3. The molecule has 0 aliphatic heterocycles. The minimum Gasteiger partial charge on any atom is -0.504 e. The van der Waals surface area contributed by atoms with Crippen molar-refractivity contribution in [2.24, 2.45) is 5.73 Å². The molecule has 2 aromatic rings. The number of benzene rings is 1. The standard InChI is InChI=1S/C13H15NO2S.ClH/c1-2-16-10-6-3-5-9(13(10)15)12(14)11-7-4-8-17-11;/h3-8,12,15H,2,14H2,1H3;1H/t12-;/m1./s1. The third kappa shape index (κ3) is 2.96. The van der Waals surface area contributed by atoms with Crippen molar-refractivity contribution in [1.82, 2.24) is 0 Å². The number of phenols is 1. The second kappa shape index (κ2) is 6.64. The largest absolute Gasteiger partial charge is 0.504 e. The summed E-state index contributed by atoms with van der Waals surface area (Å²) < 4.78 is 5.34.